The number of imide groups is 1. The van der Waals surface area contributed by atoms with Crippen LogP contribution in [0.1, 0.15) is 57.5 Å². The van der Waals surface area contributed by atoms with Crippen molar-refractivity contribution in [3.05, 3.63) is 95.2 Å². The molecule has 3 aliphatic heterocycles. The van der Waals surface area contributed by atoms with Crippen molar-refractivity contribution in [2.45, 2.75) is 43.9 Å². The summed E-state index contributed by atoms with van der Waals surface area (Å²) in [4.78, 5) is 42.2. The third-order valence-electron chi connectivity index (χ3n) is 8.05. The smallest absolute Gasteiger partial charge is 0.262 e. The summed E-state index contributed by atoms with van der Waals surface area (Å²) in [7, 11) is 0. The maximum absolute atomic E-state index is 13.2. The highest BCUT2D eigenvalue weighted by Crippen LogP contribution is 2.37. The van der Waals surface area contributed by atoms with Gasteiger partial charge >= 0.3 is 0 Å². The van der Waals surface area contributed by atoms with Crippen molar-refractivity contribution in [1.82, 2.24) is 15.1 Å². The molecule has 0 radical (unpaired) electrons. The molecule has 6 rings (SSSR count). The topological polar surface area (TPSA) is 90.0 Å². The summed E-state index contributed by atoms with van der Waals surface area (Å²) in [5.74, 6) is -1.33. The third-order valence-corrected chi connectivity index (χ3v) is 8.05. The van der Waals surface area contributed by atoms with Crippen LogP contribution in [0.5, 0.6) is 0 Å². The van der Waals surface area contributed by atoms with E-state index in [0.29, 0.717) is 50.0 Å². The van der Waals surface area contributed by atoms with Crippen molar-refractivity contribution < 1.29 is 19.5 Å². The molecule has 3 amide bonds. The molecule has 188 valence electrons. The van der Waals surface area contributed by atoms with Gasteiger partial charge in [0.15, 0.2) is 0 Å². The molecule has 0 aliphatic carbocycles. The lowest BCUT2D eigenvalue weighted by Gasteiger charge is -2.38. The summed E-state index contributed by atoms with van der Waals surface area (Å²) < 4.78 is 0. The van der Waals surface area contributed by atoms with Crippen LogP contribution in [0.4, 0.5) is 0 Å². The first-order chi connectivity index (χ1) is 17.8. The van der Waals surface area contributed by atoms with Crippen LogP contribution in [0.25, 0.3) is 10.8 Å². The lowest BCUT2D eigenvalue weighted by molar-refractivity contribution is -0.125. The van der Waals surface area contributed by atoms with E-state index in [-0.39, 0.29) is 17.0 Å². The highest BCUT2D eigenvalue weighted by molar-refractivity contribution is 6.23. The van der Waals surface area contributed by atoms with Crippen molar-refractivity contribution >= 4 is 28.5 Å². The van der Waals surface area contributed by atoms with Crippen LogP contribution in [-0.2, 0) is 16.9 Å². The number of piperidine rings is 2. The monoisotopic (exact) mass is 495 g/mol. The molecule has 3 aromatic rings. The number of fused-ring (bicyclic) bond motifs is 2. The Hall–Kier alpha value is -3.81. The van der Waals surface area contributed by atoms with Gasteiger partial charge in [-0.1, -0.05) is 55.1 Å². The first-order valence-electron chi connectivity index (χ1n) is 12.8. The summed E-state index contributed by atoms with van der Waals surface area (Å²) in [6.07, 6.45) is 1.93. The number of allylic oxidation sites excluding steroid dienone is 1. The lowest BCUT2D eigenvalue weighted by Crippen LogP contribution is -2.51. The zero-order valence-electron chi connectivity index (χ0n) is 20.6. The largest absolute Gasteiger partial charge is 0.385 e. The predicted molar refractivity (Wildman–Crippen MR) is 140 cm³/mol. The Morgan fingerprint density at radius 3 is 2.46 bits per heavy atom. The normalized spacial score (nSPS) is 21.9. The number of amides is 3. The van der Waals surface area contributed by atoms with E-state index in [1.165, 1.54) is 16.3 Å². The number of nitrogens with zero attached hydrogens (tertiary/aromatic N) is 2. The van der Waals surface area contributed by atoms with Gasteiger partial charge in [-0.2, -0.15) is 0 Å². The highest BCUT2D eigenvalue weighted by atomic mass is 16.3. The summed E-state index contributed by atoms with van der Waals surface area (Å²) >= 11 is 0. The van der Waals surface area contributed by atoms with Gasteiger partial charge in [0.05, 0.1) is 16.7 Å². The summed E-state index contributed by atoms with van der Waals surface area (Å²) in [6.45, 7) is 5.99. The van der Waals surface area contributed by atoms with Gasteiger partial charge in [0.1, 0.15) is 6.04 Å². The summed E-state index contributed by atoms with van der Waals surface area (Å²) in [5, 5.41) is 16.7. The number of hydrogen-bond acceptors (Lipinski definition) is 5. The SMILES string of the molecule is C=C1CCC(N2C(=O)c3ccc(C4(O)CCN(Cc5cccc6ccccc56)CC4)cc3C2=O)C(=O)N1. The van der Waals surface area contributed by atoms with E-state index in [9.17, 15) is 19.5 Å². The van der Waals surface area contributed by atoms with Crippen LogP contribution < -0.4 is 5.32 Å². The van der Waals surface area contributed by atoms with E-state index in [4.69, 9.17) is 0 Å². The van der Waals surface area contributed by atoms with Gasteiger partial charge in [0, 0.05) is 25.3 Å². The van der Waals surface area contributed by atoms with E-state index in [1.54, 1.807) is 18.2 Å². The Morgan fingerprint density at radius 1 is 0.946 bits per heavy atom. The fourth-order valence-corrected chi connectivity index (χ4v) is 5.88. The van der Waals surface area contributed by atoms with E-state index < -0.39 is 23.5 Å². The minimum Gasteiger partial charge on any atom is -0.385 e. The number of nitrogens with one attached hydrogen (secondary N) is 1. The highest BCUT2D eigenvalue weighted by Gasteiger charge is 2.45. The Bertz CT molecular complexity index is 1450. The molecule has 3 aliphatic rings. The van der Waals surface area contributed by atoms with E-state index in [2.05, 4.69) is 53.2 Å². The van der Waals surface area contributed by atoms with Crippen LogP contribution in [-0.4, -0.2) is 51.8 Å². The Balaban J connectivity index is 1.18. The number of benzene rings is 3. The molecule has 3 aromatic carbocycles. The second kappa shape index (κ2) is 8.94. The molecular weight excluding hydrogens is 466 g/mol. The molecule has 0 aromatic heterocycles. The molecule has 0 spiro atoms. The molecule has 3 heterocycles. The van der Waals surface area contributed by atoms with Gasteiger partial charge in [0.25, 0.3) is 11.8 Å². The standard InChI is InChI=1S/C30H29N3O4/c1-19-9-12-26(27(34)31-19)33-28(35)24-11-10-22(17-25(24)29(33)36)30(37)13-15-32(16-14-30)18-21-7-4-6-20-5-2-3-8-23(20)21/h2-8,10-11,17,26,37H,1,9,12-16,18H2,(H,31,34). The third kappa shape index (κ3) is 4.04. The van der Waals surface area contributed by atoms with Crippen molar-refractivity contribution in [3.63, 3.8) is 0 Å². The molecule has 37 heavy (non-hydrogen) atoms. The average molecular weight is 496 g/mol. The van der Waals surface area contributed by atoms with Gasteiger partial charge in [-0.3, -0.25) is 24.2 Å². The number of hydrogen-bond donors (Lipinski definition) is 2. The van der Waals surface area contributed by atoms with Crippen LogP contribution in [0, 0.1) is 0 Å². The maximum Gasteiger partial charge on any atom is 0.262 e. The maximum atomic E-state index is 13.2. The molecule has 7 heteroatoms. The van der Waals surface area contributed by atoms with Crippen LogP contribution >= 0.6 is 0 Å². The summed E-state index contributed by atoms with van der Waals surface area (Å²) in [6, 6.07) is 18.9. The lowest BCUT2D eigenvalue weighted by atomic mass is 9.83. The van der Waals surface area contributed by atoms with Crippen molar-refractivity contribution in [3.8, 4) is 0 Å². The van der Waals surface area contributed by atoms with Crippen LogP contribution in [0.3, 0.4) is 0 Å². The molecule has 1 unspecified atom stereocenters. The zero-order chi connectivity index (χ0) is 25.7. The Labute approximate surface area is 215 Å². The molecule has 0 saturated carbocycles. The molecule has 1 atom stereocenters. The number of rotatable bonds is 4. The first kappa shape index (κ1) is 23.6. The fraction of sp³-hybridized carbons (Fsp3) is 0.300. The second-order valence-corrected chi connectivity index (χ2v) is 10.3. The molecule has 2 saturated heterocycles. The predicted octanol–water partition coefficient (Wildman–Crippen LogP) is 3.71. The Kier molecular flexibility index (Phi) is 5.70. The average Bonchev–Trinajstić information content (AvgIpc) is 3.15. The molecule has 2 fully saturated rings. The fourth-order valence-electron chi connectivity index (χ4n) is 5.88. The van der Waals surface area contributed by atoms with Crippen molar-refractivity contribution in [2.24, 2.45) is 0 Å². The van der Waals surface area contributed by atoms with E-state index in [1.807, 2.05) is 6.07 Å². The number of aliphatic hydroxyl groups is 1. The molecule has 0 bridgehead atoms. The molecule has 7 nitrogen and oxygen atoms in total. The van der Waals surface area contributed by atoms with Gasteiger partial charge in [-0.05, 0) is 59.7 Å². The van der Waals surface area contributed by atoms with E-state index in [0.717, 1.165) is 11.4 Å². The van der Waals surface area contributed by atoms with Gasteiger partial charge in [-0.15, -0.1) is 0 Å². The minimum atomic E-state index is -1.08. The second-order valence-electron chi connectivity index (χ2n) is 10.3. The quantitative estimate of drug-likeness (QED) is 0.539. The van der Waals surface area contributed by atoms with Crippen LogP contribution in [0.2, 0.25) is 0 Å². The van der Waals surface area contributed by atoms with Gasteiger partial charge in [0.2, 0.25) is 5.91 Å². The van der Waals surface area contributed by atoms with E-state index >= 15 is 0 Å². The summed E-state index contributed by atoms with van der Waals surface area (Å²) in [5.41, 5.74) is 1.95. The number of carbonyl (C=O) groups excluding carboxylic acids is 3. The first-order valence-corrected chi connectivity index (χ1v) is 12.8. The number of carbonyl (C=O) groups is 3. The van der Waals surface area contributed by atoms with Crippen molar-refractivity contribution in [1.29, 1.82) is 0 Å². The van der Waals surface area contributed by atoms with Gasteiger partial charge < -0.3 is 10.4 Å². The molecule has 2 N–H and O–H groups in total. The van der Waals surface area contributed by atoms with Crippen LogP contribution in [0.15, 0.2) is 72.9 Å². The zero-order valence-corrected chi connectivity index (χ0v) is 20.6. The minimum absolute atomic E-state index is 0.256. The Morgan fingerprint density at radius 2 is 1.68 bits per heavy atom. The van der Waals surface area contributed by atoms with Crippen molar-refractivity contribution in [2.75, 3.05) is 13.1 Å². The van der Waals surface area contributed by atoms with Gasteiger partial charge in [-0.25, -0.2) is 0 Å². The molecular formula is C30H29N3O4. The number of likely N-dealkylation sites (tertiary alicyclic amines) is 1.